The van der Waals surface area contributed by atoms with Gasteiger partial charge in [-0.2, -0.15) is 0 Å². The average molecular weight is 297 g/mol. The number of hydrogen-bond acceptors (Lipinski definition) is 5. The monoisotopic (exact) mass is 297 g/mol. The number of rotatable bonds is 3. The zero-order valence-corrected chi connectivity index (χ0v) is 12.0. The first-order valence-electron chi connectivity index (χ1n) is 6.02. The van der Waals surface area contributed by atoms with Crippen molar-refractivity contribution in [2.24, 2.45) is 5.92 Å². The van der Waals surface area contributed by atoms with Crippen LogP contribution in [0.15, 0.2) is 29.2 Å². The maximum absolute atomic E-state index is 12.0. The van der Waals surface area contributed by atoms with Crippen LogP contribution in [0.25, 0.3) is 0 Å². The van der Waals surface area contributed by atoms with Crippen LogP contribution >= 0.6 is 0 Å². The van der Waals surface area contributed by atoms with E-state index in [2.05, 4.69) is 4.74 Å². The molecule has 2 rings (SSSR count). The quantitative estimate of drug-likeness (QED) is 0.764. The Morgan fingerprint density at radius 3 is 2.60 bits per heavy atom. The first-order chi connectivity index (χ1) is 9.34. The number of sulfone groups is 1. The van der Waals surface area contributed by atoms with Crippen molar-refractivity contribution in [3.8, 4) is 0 Å². The summed E-state index contributed by atoms with van der Waals surface area (Å²) in [5.74, 6) is -1.30. The Morgan fingerprint density at radius 2 is 2.00 bits per heavy atom. The number of nitrogens with zero attached hydrogens (tertiary/aromatic N) is 1. The lowest BCUT2D eigenvalue weighted by atomic mass is 10.1. The van der Waals surface area contributed by atoms with Crippen molar-refractivity contribution in [3.63, 3.8) is 0 Å². The molecule has 1 heterocycles. The number of para-hydroxylation sites is 1. The van der Waals surface area contributed by atoms with Crippen LogP contribution < -0.4 is 4.90 Å². The first-order valence-corrected chi connectivity index (χ1v) is 7.91. The van der Waals surface area contributed by atoms with Gasteiger partial charge in [0.2, 0.25) is 5.91 Å². The summed E-state index contributed by atoms with van der Waals surface area (Å²) in [7, 11) is -2.18. The highest BCUT2D eigenvalue weighted by atomic mass is 32.2. The summed E-state index contributed by atoms with van der Waals surface area (Å²) < 4.78 is 28.1. The SMILES string of the molecule is COC(=O)C1CC(=O)N(c2ccccc2S(C)(=O)=O)C1. The molecule has 0 spiro atoms. The number of anilines is 1. The van der Waals surface area contributed by atoms with Crippen molar-refractivity contribution in [1.29, 1.82) is 0 Å². The second kappa shape index (κ2) is 5.24. The van der Waals surface area contributed by atoms with Gasteiger partial charge in [0.1, 0.15) is 0 Å². The molecule has 1 atom stereocenters. The summed E-state index contributed by atoms with van der Waals surface area (Å²) in [6.07, 6.45) is 1.12. The molecule has 108 valence electrons. The molecule has 0 saturated carbocycles. The van der Waals surface area contributed by atoms with Crippen molar-refractivity contribution in [1.82, 2.24) is 0 Å². The number of benzene rings is 1. The number of amides is 1. The summed E-state index contributed by atoms with van der Waals surface area (Å²) in [5.41, 5.74) is 0.311. The molecule has 7 heteroatoms. The lowest BCUT2D eigenvalue weighted by molar-refractivity contribution is -0.145. The van der Waals surface area contributed by atoms with Crippen LogP contribution in [-0.4, -0.2) is 40.2 Å². The number of carbonyl (C=O) groups excluding carboxylic acids is 2. The van der Waals surface area contributed by atoms with Crippen molar-refractivity contribution in [3.05, 3.63) is 24.3 Å². The van der Waals surface area contributed by atoms with Gasteiger partial charge in [-0.05, 0) is 12.1 Å². The van der Waals surface area contributed by atoms with Crippen LogP contribution in [0.1, 0.15) is 6.42 Å². The van der Waals surface area contributed by atoms with Gasteiger partial charge in [0, 0.05) is 19.2 Å². The number of ether oxygens (including phenoxy) is 1. The molecule has 20 heavy (non-hydrogen) atoms. The highest BCUT2D eigenvalue weighted by Crippen LogP contribution is 2.31. The topological polar surface area (TPSA) is 80.8 Å². The Kier molecular flexibility index (Phi) is 3.80. The Balaban J connectivity index is 2.39. The molecule has 1 amide bonds. The van der Waals surface area contributed by atoms with Crippen LogP contribution in [-0.2, 0) is 24.2 Å². The fraction of sp³-hybridized carbons (Fsp3) is 0.385. The van der Waals surface area contributed by atoms with E-state index >= 15 is 0 Å². The highest BCUT2D eigenvalue weighted by molar-refractivity contribution is 7.90. The van der Waals surface area contributed by atoms with Gasteiger partial charge in [0.05, 0.1) is 23.6 Å². The third-order valence-corrected chi connectivity index (χ3v) is 4.36. The van der Waals surface area contributed by atoms with Gasteiger partial charge in [-0.3, -0.25) is 9.59 Å². The molecule has 0 N–H and O–H groups in total. The van der Waals surface area contributed by atoms with Gasteiger partial charge < -0.3 is 9.64 Å². The Hall–Kier alpha value is -1.89. The van der Waals surface area contributed by atoms with Crippen LogP contribution in [0, 0.1) is 5.92 Å². The molecule has 1 aliphatic rings. The predicted octanol–water partition coefficient (Wildman–Crippen LogP) is 0.616. The molecule has 6 nitrogen and oxygen atoms in total. The molecule has 1 saturated heterocycles. The largest absolute Gasteiger partial charge is 0.469 e. The zero-order chi connectivity index (χ0) is 14.9. The third-order valence-electron chi connectivity index (χ3n) is 3.22. The maximum Gasteiger partial charge on any atom is 0.311 e. The van der Waals surface area contributed by atoms with Crippen molar-refractivity contribution < 1.29 is 22.7 Å². The van der Waals surface area contributed by atoms with Crippen LogP contribution in [0.2, 0.25) is 0 Å². The zero-order valence-electron chi connectivity index (χ0n) is 11.2. The Bertz CT molecular complexity index is 652. The van der Waals surface area contributed by atoms with Gasteiger partial charge in [-0.25, -0.2) is 8.42 Å². The van der Waals surface area contributed by atoms with Gasteiger partial charge in [-0.15, -0.1) is 0 Å². The molecule has 0 bridgehead atoms. The third kappa shape index (κ3) is 2.67. The summed E-state index contributed by atoms with van der Waals surface area (Å²) >= 11 is 0. The molecule has 1 aromatic carbocycles. The molecule has 0 aliphatic carbocycles. The minimum Gasteiger partial charge on any atom is -0.469 e. The van der Waals surface area contributed by atoms with E-state index in [-0.39, 0.29) is 23.8 Å². The molecule has 1 fully saturated rings. The molecular formula is C13H15NO5S. The normalized spacial score (nSPS) is 19.2. The van der Waals surface area contributed by atoms with Gasteiger partial charge in [-0.1, -0.05) is 12.1 Å². The van der Waals surface area contributed by atoms with E-state index in [0.717, 1.165) is 6.26 Å². The minimum atomic E-state index is -3.45. The summed E-state index contributed by atoms with van der Waals surface area (Å²) in [6, 6.07) is 6.26. The lowest BCUT2D eigenvalue weighted by Crippen LogP contribution is -2.27. The van der Waals surface area contributed by atoms with Gasteiger partial charge in [0.15, 0.2) is 9.84 Å². The molecule has 1 aromatic rings. The molecule has 1 aliphatic heterocycles. The number of methoxy groups -OCH3 is 1. The van der Waals surface area contributed by atoms with E-state index in [1.54, 1.807) is 18.2 Å². The standard InChI is InChI=1S/C13H15NO5S/c1-19-13(16)9-7-12(15)14(8-9)10-5-3-4-6-11(10)20(2,17)18/h3-6,9H,7-8H2,1-2H3. The highest BCUT2D eigenvalue weighted by Gasteiger charge is 2.37. The first kappa shape index (κ1) is 14.5. The van der Waals surface area contributed by atoms with E-state index in [1.807, 2.05) is 0 Å². The van der Waals surface area contributed by atoms with Crippen LogP contribution in [0.3, 0.4) is 0 Å². The van der Waals surface area contributed by atoms with E-state index in [0.29, 0.717) is 5.69 Å². The fourth-order valence-electron chi connectivity index (χ4n) is 2.26. The molecule has 0 aromatic heterocycles. The second-order valence-electron chi connectivity index (χ2n) is 4.67. The average Bonchev–Trinajstić information content (AvgIpc) is 2.79. The smallest absolute Gasteiger partial charge is 0.311 e. The lowest BCUT2D eigenvalue weighted by Gasteiger charge is -2.19. The second-order valence-corrected chi connectivity index (χ2v) is 6.65. The Morgan fingerprint density at radius 1 is 1.35 bits per heavy atom. The molecule has 0 radical (unpaired) electrons. The van der Waals surface area contributed by atoms with E-state index < -0.39 is 21.7 Å². The minimum absolute atomic E-state index is 0.0325. The maximum atomic E-state index is 12.0. The molecule has 1 unspecified atom stereocenters. The number of carbonyl (C=O) groups is 2. The summed E-state index contributed by atoms with van der Waals surface area (Å²) in [5, 5.41) is 0. The van der Waals surface area contributed by atoms with Crippen LogP contribution in [0.4, 0.5) is 5.69 Å². The van der Waals surface area contributed by atoms with E-state index in [1.165, 1.54) is 18.1 Å². The van der Waals surface area contributed by atoms with Gasteiger partial charge >= 0.3 is 5.97 Å². The predicted molar refractivity (Wildman–Crippen MR) is 72.0 cm³/mol. The van der Waals surface area contributed by atoms with Crippen molar-refractivity contribution in [2.75, 3.05) is 24.8 Å². The van der Waals surface area contributed by atoms with Crippen LogP contribution in [0.5, 0.6) is 0 Å². The van der Waals surface area contributed by atoms with Crippen molar-refractivity contribution in [2.45, 2.75) is 11.3 Å². The number of esters is 1. The molecular weight excluding hydrogens is 282 g/mol. The summed E-state index contributed by atoms with van der Waals surface area (Å²) in [4.78, 5) is 24.9. The van der Waals surface area contributed by atoms with E-state index in [9.17, 15) is 18.0 Å². The van der Waals surface area contributed by atoms with Gasteiger partial charge in [0.25, 0.3) is 0 Å². The summed E-state index contributed by atoms with van der Waals surface area (Å²) in [6.45, 7) is 0.137. The van der Waals surface area contributed by atoms with Crippen molar-refractivity contribution >= 4 is 27.4 Å². The van der Waals surface area contributed by atoms with E-state index in [4.69, 9.17) is 0 Å². The Labute approximate surface area is 117 Å². The fourth-order valence-corrected chi connectivity index (χ4v) is 3.14. The number of hydrogen-bond donors (Lipinski definition) is 0.